The molecule has 3 heterocycles. The maximum absolute atomic E-state index is 9.10. The third-order valence-corrected chi connectivity index (χ3v) is 7.61. The molecule has 180 valence electrons. The van der Waals surface area contributed by atoms with Gasteiger partial charge in [0.1, 0.15) is 17.0 Å². The molecule has 1 aliphatic heterocycles. The van der Waals surface area contributed by atoms with Gasteiger partial charge in [0.2, 0.25) is 0 Å². The number of carbonyl (C=O) groups is 2. The molecule has 3 N–H and O–H groups in total. The molecule has 9 heteroatoms. The summed E-state index contributed by atoms with van der Waals surface area (Å²) in [5, 5.41) is 19.9. The van der Waals surface area contributed by atoms with Crippen molar-refractivity contribution in [3.63, 3.8) is 0 Å². The molecule has 34 heavy (non-hydrogen) atoms. The number of thiophene rings is 1. The lowest BCUT2D eigenvalue weighted by molar-refractivity contribution is -0.159. The van der Waals surface area contributed by atoms with Gasteiger partial charge in [-0.1, -0.05) is 37.3 Å². The molecule has 0 radical (unpaired) electrons. The number of aromatic nitrogens is 2. The molecule has 1 atom stereocenters. The van der Waals surface area contributed by atoms with Crippen LogP contribution in [0.3, 0.4) is 0 Å². The molecule has 1 saturated heterocycles. The first-order valence-electron chi connectivity index (χ1n) is 11.6. The largest absolute Gasteiger partial charge is 0.473 e. The number of likely N-dealkylation sites (tertiary alicyclic amines) is 1. The van der Waals surface area contributed by atoms with Gasteiger partial charge >= 0.3 is 11.9 Å². The highest BCUT2D eigenvalue weighted by atomic mass is 32.1. The van der Waals surface area contributed by atoms with E-state index in [9.17, 15) is 0 Å². The van der Waals surface area contributed by atoms with Crippen molar-refractivity contribution in [2.45, 2.75) is 51.6 Å². The molecule has 2 aliphatic rings. The van der Waals surface area contributed by atoms with Crippen LogP contribution in [0.4, 0.5) is 5.82 Å². The standard InChI is InChI=1S/C23H28N4S.C2H2O4/c1-16-7-8-19-20(13-16)28-23-21(19)22(24-15-25-23)26-18-9-11-27(12-10-18)14-17-5-3-2-4-6-17;3-1(4)2(5)6/h2-6,15-16,18H,7-14H2,1H3,(H,24,25,26);(H,3,4)(H,5,6). The Bertz CT molecular complexity index is 1130. The first-order valence-corrected chi connectivity index (χ1v) is 12.5. The quantitative estimate of drug-likeness (QED) is 0.477. The van der Waals surface area contributed by atoms with Gasteiger partial charge in [0, 0.05) is 30.6 Å². The summed E-state index contributed by atoms with van der Waals surface area (Å²) in [5.41, 5.74) is 2.92. The lowest BCUT2D eigenvalue weighted by Gasteiger charge is -2.32. The van der Waals surface area contributed by atoms with Crippen LogP contribution in [0.2, 0.25) is 0 Å². The van der Waals surface area contributed by atoms with Gasteiger partial charge in [-0.15, -0.1) is 11.3 Å². The number of nitrogens with zero attached hydrogens (tertiary/aromatic N) is 3. The van der Waals surface area contributed by atoms with E-state index in [1.807, 2.05) is 11.3 Å². The average Bonchev–Trinajstić information content (AvgIpc) is 3.20. The minimum Gasteiger partial charge on any atom is -0.473 e. The van der Waals surface area contributed by atoms with Gasteiger partial charge in [-0.05, 0) is 49.1 Å². The van der Waals surface area contributed by atoms with E-state index in [1.54, 1.807) is 6.33 Å². The molecule has 1 aliphatic carbocycles. The van der Waals surface area contributed by atoms with Crippen molar-refractivity contribution in [2.75, 3.05) is 18.4 Å². The van der Waals surface area contributed by atoms with Crippen LogP contribution < -0.4 is 5.32 Å². The van der Waals surface area contributed by atoms with Gasteiger partial charge in [-0.3, -0.25) is 4.90 Å². The van der Waals surface area contributed by atoms with Crippen LogP contribution in [0.5, 0.6) is 0 Å². The predicted octanol–water partition coefficient (Wildman–Crippen LogP) is 4.05. The molecule has 0 saturated carbocycles. The number of nitrogens with one attached hydrogen (secondary N) is 1. The Balaban J connectivity index is 0.000000408. The zero-order valence-electron chi connectivity index (χ0n) is 19.2. The lowest BCUT2D eigenvalue weighted by atomic mass is 9.89. The molecule has 0 amide bonds. The van der Waals surface area contributed by atoms with Crippen molar-refractivity contribution in [3.05, 3.63) is 52.7 Å². The summed E-state index contributed by atoms with van der Waals surface area (Å²) in [6.07, 6.45) is 7.73. The minimum atomic E-state index is -1.82. The first kappa shape index (κ1) is 24.1. The van der Waals surface area contributed by atoms with Gasteiger partial charge in [-0.25, -0.2) is 19.6 Å². The molecule has 5 rings (SSSR count). The summed E-state index contributed by atoms with van der Waals surface area (Å²) in [5.74, 6) is -1.79. The average molecular weight is 483 g/mol. The van der Waals surface area contributed by atoms with Crippen molar-refractivity contribution in [3.8, 4) is 0 Å². The van der Waals surface area contributed by atoms with E-state index in [1.165, 1.54) is 53.5 Å². The van der Waals surface area contributed by atoms with Crippen molar-refractivity contribution in [1.29, 1.82) is 0 Å². The molecule has 1 unspecified atom stereocenters. The molecule has 2 aromatic heterocycles. The van der Waals surface area contributed by atoms with Crippen LogP contribution in [0.1, 0.15) is 42.2 Å². The van der Waals surface area contributed by atoms with Crippen molar-refractivity contribution in [1.82, 2.24) is 14.9 Å². The first-order chi connectivity index (χ1) is 16.4. The maximum Gasteiger partial charge on any atom is 0.414 e. The normalized spacial score (nSPS) is 18.6. The Morgan fingerprint density at radius 2 is 1.79 bits per heavy atom. The molecule has 8 nitrogen and oxygen atoms in total. The third kappa shape index (κ3) is 5.90. The summed E-state index contributed by atoms with van der Waals surface area (Å²) in [6.45, 7) is 5.70. The predicted molar refractivity (Wildman–Crippen MR) is 132 cm³/mol. The molecule has 3 aromatic rings. The van der Waals surface area contributed by atoms with E-state index in [0.29, 0.717) is 6.04 Å². The minimum absolute atomic E-state index is 0.503. The zero-order valence-corrected chi connectivity index (χ0v) is 20.1. The van der Waals surface area contributed by atoms with E-state index in [4.69, 9.17) is 19.8 Å². The van der Waals surface area contributed by atoms with E-state index >= 15 is 0 Å². The second-order valence-electron chi connectivity index (χ2n) is 9.04. The fourth-order valence-electron chi connectivity index (χ4n) is 4.65. The van der Waals surface area contributed by atoms with Gasteiger partial charge in [0.25, 0.3) is 0 Å². The molecule has 0 spiro atoms. The van der Waals surface area contributed by atoms with Crippen LogP contribution in [-0.4, -0.2) is 56.2 Å². The second kappa shape index (κ2) is 10.9. The van der Waals surface area contributed by atoms with Crippen LogP contribution in [0.25, 0.3) is 10.2 Å². The number of anilines is 1. The SMILES string of the molecule is CC1CCc2c(sc3ncnc(NC4CCN(Cc5ccccc5)CC4)c23)C1.O=C(O)C(=O)O. The Labute approximate surface area is 202 Å². The Morgan fingerprint density at radius 1 is 1.09 bits per heavy atom. The summed E-state index contributed by atoms with van der Waals surface area (Å²) in [6, 6.07) is 11.3. The fourth-order valence-corrected chi connectivity index (χ4v) is 6.01. The van der Waals surface area contributed by atoms with E-state index < -0.39 is 11.9 Å². The van der Waals surface area contributed by atoms with Gasteiger partial charge in [-0.2, -0.15) is 0 Å². The Morgan fingerprint density at radius 3 is 2.47 bits per heavy atom. The summed E-state index contributed by atoms with van der Waals surface area (Å²) in [4.78, 5) is 32.7. The topological polar surface area (TPSA) is 116 Å². The molecule has 0 bridgehead atoms. The summed E-state index contributed by atoms with van der Waals surface area (Å²) in [7, 11) is 0. The Hall–Kier alpha value is -3.04. The van der Waals surface area contributed by atoms with Crippen LogP contribution in [-0.2, 0) is 29.0 Å². The van der Waals surface area contributed by atoms with Crippen molar-refractivity contribution in [2.24, 2.45) is 5.92 Å². The lowest BCUT2D eigenvalue weighted by Crippen LogP contribution is -2.38. The van der Waals surface area contributed by atoms with Crippen LogP contribution in [0.15, 0.2) is 36.7 Å². The number of aliphatic carboxylic acids is 2. The van der Waals surface area contributed by atoms with Crippen LogP contribution in [0, 0.1) is 5.92 Å². The number of piperidine rings is 1. The van der Waals surface area contributed by atoms with Crippen LogP contribution >= 0.6 is 11.3 Å². The summed E-state index contributed by atoms with van der Waals surface area (Å²) < 4.78 is 0. The molecular formula is C25H30N4O4S. The number of hydrogen-bond acceptors (Lipinski definition) is 7. The number of fused-ring (bicyclic) bond motifs is 3. The number of benzene rings is 1. The smallest absolute Gasteiger partial charge is 0.414 e. The third-order valence-electron chi connectivity index (χ3n) is 6.45. The molecule has 1 aromatic carbocycles. The number of hydrogen-bond donors (Lipinski definition) is 3. The highest BCUT2D eigenvalue weighted by Gasteiger charge is 2.25. The number of carboxylic acid groups (broad SMARTS) is 2. The van der Waals surface area contributed by atoms with Crippen molar-refractivity contribution < 1.29 is 19.8 Å². The van der Waals surface area contributed by atoms with E-state index in [0.717, 1.165) is 36.2 Å². The van der Waals surface area contributed by atoms with E-state index in [2.05, 4.69) is 57.4 Å². The molecule has 1 fully saturated rings. The highest BCUT2D eigenvalue weighted by molar-refractivity contribution is 7.19. The highest BCUT2D eigenvalue weighted by Crippen LogP contribution is 2.40. The van der Waals surface area contributed by atoms with Gasteiger partial charge in [0.05, 0.1) is 5.39 Å². The van der Waals surface area contributed by atoms with E-state index in [-0.39, 0.29) is 0 Å². The molecular weight excluding hydrogens is 452 g/mol. The zero-order chi connectivity index (χ0) is 24.1. The fraction of sp³-hybridized carbons (Fsp3) is 0.440. The van der Waals surface area contributed by atoms with Gasteiger partial charge in [0.15, 0.2) is 0 Å². The Kier molecular flexibility index (Phi) is 7.74. The monoisotopic (exact) mass is 482 g/mol. The van der Waals surface area contributed by atoms with Gasteiger partial charge < -0.3 is 15.5 Å². The summed E-state index contributed by atoms with van der Waals surface area (Å²) >= 11 is 1.88. The maximum atomic E-state index is 9.10. The number of carboxylic acids is 2. The number of aryl methyl sites for hydroxylation is 1. The van der Waals surface area contributed by atoms with Crippen molar-refractivity contribution >= 4 is 39.3 Å². The second-order valence-corrected chi connectivity index (χ2v) is 10.1. The number of rotatable bonds is 4.